The third kappa shape index (κ3) is 3.77. The summed E-state index contributed by atoms with van der Waals surface area (Å²) in [4.78, 5) is 25.1. The van der Waals surface area contributed by atoms with E-state index in [1.54, 1.807) is 31.4 Å². The van der Waals surface area contributed by atoms with Crippen molar-refractivity contribution in [3.8, 4) is 17.7 Å². The van der Waals surface area contributed by atoms with Crippen molar-refractivity contribution >= 4 is 5.78 Å². The van der Waals surface area contributed by atoms with Crippen molar-refractivity contribution in [2.24, 2.45) is 0 Å². The maximum absolute atomic E-state index is 12.6. The summed E-state index contributed by atoms with van der Waals surface area (Å²) in [6.45, 7) is 3.54. The highest BCUT2D eigenvalue weighted by molar-refractivity contribution is 6.00. The van der Waals surface area contributed by atoms with Gasteiger partial charge in [-0.2, -0.15) is 5.26 Å². The Balaban J connectivity index is 2.55. The number of rotatable bonds is 7. The van der Waals surface area contributed by atoms with Crippen molar-refractivity contribution in [3.63, 3.8) is 0 Å². The minimum atomic E-state index is -0.606. The fourth-order valence-electron chi connectivity index (χ4n) is 2.81. The minimum absolute atomic E-state index is 0.0533. The van der Waals surface area contributed by atoms with Gasteiger partial charge in [0.15, 0.2) is 5.78 Å². The van der Waals surface area contributed by atoms with Gasteiger partial charge in [-0.1, -0.05) is 25.5 Å². The Hall–Kier alpha value is -3.07. The number of hydrogen-bond donors (Lipinski definition) is 1. The molecule has 2 rings (SSSR count). The van der Waals surface area contributed by atoms with Crippen LogP contribution in [0.2, 0.25) is 0 Å². The van der Waals surface area contributed by atoms with Crippen LogP contribution in [0.1, 0.15) is 53.2 Å². The topological polar surface area (TPSA) is 92.3 Å². The Morgan fingerprint density at radius 1 is 1.31 bits per heavy atom. The van der Waals surface area contributed by atoms with Crippen molar-refractivity contribution in [2.75, 3.05) is 7.11 Å². The second-order valence-electron chi connectivity index (χ2n) is 6.08. The molecule has 6 heteroatoms. The first-order valence-electron chi connectivity index (χ1n) is 8.47. The molecule has 1 aromatic heterocycles. The fourth-order valence-corrected chi connectivity index (χ4v) is 2.81. The van der Waals surface area contributed by atoms with Crippen molar-refractivity contribution in [3.05, 3.63) is 56.9 Å². The number of pyridine rings is 1. The highest BCUT2D eigenvalue weighted by atomic mass is 16.5. The highest BCUT2D eigenvalue weighted by Crippen LogP contribution is 2.25. The van der Waals surface area contributed by atoms with Gasteiger partial charge in [0.25, 0.3) is 5.56 Å². The van der Waals surface area contributed by atoms with Gasteiger partial charge in [-0.3, -0.25) is 14.2 Å². The number of Topliss-reactive ketones (excluding diaryl/α,β-unsaturated/α-hetero) is 1. The normalized spacial score (nSPS) is 10.4. The highest BCUT2D eigenvalue weighted by Gasteiger charge is 2.23. The maximum atomic E-state index is 12.6. The molecule has 0 spiro atoms. The molecule has 2 aromatic rings. The quantitative estimate of drug-likeness (QED) is 0.771. The number of ether oxygens (including phenoxy) is 1. The predicted octanol–water partition coefficient (Wildman–Crippen LogP) is 3.16. The number of nitrogens with zero attached hydrogens (tertiary/aromatic N) is 2. The van der Waals surface area contributed by atoms with E-state index in [0.717, 1.165) is 16.6 Å². The van der Waals surface area contributed by atoms with Gasteiger partial charge in [0.05, 0.1) is 19.2 Å². The van der Waals surface area contributed by atoms with Gasteiger partial charge in [0.1, 0.15) is 17.4 Å². The zero-order valence-electron chi connectivity index (χ0n) is 15.2. The number of aromatic hydroxyl groups is 1. The monoisotopic (exact) mass is 354 g/mol. The Kier molecular flexibility index (Phi) is 6.18. The molecule has 0 saturated heterocycles. The Bertz CT molecular complexity index is 905. The number of nitriles is 1. The van der Waals surface area contributed by atoms with Crippen LogP contribution in [-0.2, 0) is 6.54 Å². The lowest BCUT2D eigenvalue weighted by molar-refractivity contribution is 0.0975. The molecule has 6 nitrogen and oxygen atoms in total. The summed E-state index contributed by atoms with van der Waals surface area (Å²) in [5.74, 6) is 0.0209. The molecule has 1 aromatic carbocycles. The first-order valence-corrected chi connectivity index (χ1v) is 8.47. The molecule has 0 aliphatic carbocycles. The summed E-state index contributed by atoms with van der Waals surface area (Å²) >= 11 is 0. The van der Waals surface area contributed by atoms with Gasteiger partial charge in [0, 0.05) is 6.42 Å². The molecule has 1 N–H and O–H groups in total. The van der Waals surface area contributed by atoms with Gasteiger partial charge >= 0.3 is 0 Å². The third-order valence-corrected chi connectivity index (χ3v) is 4.34. The number of benzene rings is 1. The second kappa shape index (κ2) is 8.34. The summed E-state index contributed by atoms with van der Waals surface area (Å²) in [7, 11) is 1.55. The van der Waals surface area contributed by atoms with Crippen LogP contribution in [0.25, 0.3) is 0 Å². The summed E-state index contributed by atoms with van der Waals surface area (Å²) in [6.07, 6.45) is 1.77. The first-order chi connectivity index (χ1) is 12.4. The zero-order chi connectivity index (χ0) is 19.3. The van der Waals surface area contributed by atoms with Crippen molar-refractivity contribution in [1.29, 1.82) is 5.26 Å². The smallest absolute Gasteiger partial charge is 0.271 e. The largest absolute Gasteiger partial charge is 0.497 e. The molecule has 0 amide bonds. The Morgan fingerprint density at radius 2 is 1.96 bits per heavy atom. The summed E-state index contributed by atoms with van der Waals surface area (Å²) in [5, 5.41) is 20.0. The Labute approximate surface area is 152 Å². The van der Waals surface area contributed by atoms with E-state index in [4.69, 9.17) is 4.74 Å². The third-order valence-electron chi connectivity index (χ3n) is 4.34. The number of hydrogen-bond acceptors (Lipinski definition) is 5. The average molecular weight is 354 g/mol. The molecule has 1 heterocycles. The van der Waals surface area contributed by atoms with Crippen LogP contribution in [0.5, 0.6) is 11.6 Å². The molecule has 26 heavy (non-hydrogen) atoms. The standard InChI is InChI=1S/C20H22N2O4/c1-4-5-6-17(23)18-13(2)16(11-21)19(24)22(20(18)25)12-14-7-9-15(26-3)10-8-14/h7-10,25H,4-6,12H2,1-3H3. The molecule has 0 unspecified atom stereocenters. The van der Waals surface area contributed by atoms with E-state index in [1.165, 1.54) is 6.92 Å². The zero-order valence-corrected chi connectivity index (χ0v) is 15.2. The van der Waals surface area contributed by atoms with Crippen molar-refractivity contribution in [2.45, 2.75) is 39.7 Å². The van der Waals surface area contributed by atoms with Gasteiger partial charge in [-0.15, -0.1) is 0 Å². The number of carbonyl (C=O) groups is 1. The molecule has 0 atom stereocenters. The van der Waals surface area contributed by atoms with E-state index in [0.29, 0.717) is 12.2 Å². The Morgan fingerprint density at radius 3 is 2.50 bits per heavy atom. The molecule has 0 bridgehead atoms. The predicted molar refractivity (Wildman–Crippen MR) is 97.8 cm³/mol. The van der Waals surface area contributed by atoms with Gasteiger partial charge in [-0.05, 0) is 36.6 Å². The van der Waals surface area contributed by atoms with Crippen LogP contribution < -0.4 is 10.3 Å². The van der Waals surface area contributed by atoms with Crippen LogP contribution in [0.15, 0.2) is 29.1 Å². The minimum Gasteiger partial charge on any atom is -0.497 e. The molecule has 0 aliphatic heterocycles. The SMILES string of the molecule is CCCCC(=O)c1c(C)c(C#N)c(=O)n(Cc2ccc(OC)cc2)c1O. The molecule has 0 radical (unpaired) electrons. The fraction of sp³-hybridized carbons (Fsp3) is 0.350. The lowest BCUT2D eigenvalue weighted by Crippen LogP contribution is -2.27. The maximum Gasteiger partial charge on any atom is 0.271 e. The van der Waals surface area contributed by atoms with Crippen molar-refractivity contribution in [1.82, 2.24) is 4.57 Å². The van der Waals surface area contributed by atoms with E-state index in [9.17, 15) is 20.0 Å². The van der Waals surface area contributed by atoms with E-state index in [-0.39, 0.29) is 41.3 Å². The van der Waals surface area contributed by atoms with E-state index in [1.807, 2.05) is 13.0 Å². The molecule has 0 fully saturated rings. The van der Waals surface area contributed by atoms with Crippen LogP contribution in [-0.4, -0.2) is 22.6 Å². The summed E-state index contributed by atoms with van der Waals surface area (Å²) in [5.41, 5.74) is 0.314. The van der Waals surface area contributed by atoms with E-state index >= 15 is 0 Å². The van der Waals surface area contributed by atoms with Gasteiger partial charge in [0.2, 0.25) is 5.88 Å². The lowest BCUT2D eigenvalue weighted by atomic mass is 9.98. The first kappa shape index (κ1) is 19.3. The molecule has 0 saturated carbocycles. The molecule has 136 valence electrons. The van der Waals surface area contributed by atoms with Crippen LogP contribution in [0, 0.1) is 18.3 Å². The van der Waals surface area contributed by atoms with Crippen LogP contribution >= 0.6 is 0 Å². The van der Waals surface area contributed by atoms with E-state index < -0.39 is 5.56 Å². The lowest BCUT2D eigenvalue weighted by Gasteiger charge is -2.15. The molecule has 0 aliphatic rings. The van der Waals surface area contributed by atoms with Crippen molar-refractivity contribution < 1.29 is 14.6 Å². The number of aromatic nitrogens is 1. The van der Waals surface area contributed by atoms with Crippen LogP contribution in [0.4, 0.5) is 0 Å². The molecular weight excluding hydrogens is 332 g/mol. The number of ketones is 1. The molecular formula is C20H22N2O4. The summed E-state index contributed by atoms with van der Waals surface area (Å²) in [6, 6.07) is 8.87. The average Bonchev–Trinajstić information content (AvgIpc) is 2.64. The summed E-state index contributed by atoms with van der Waals surface area (Å²) < 4.78 is 6.18. The van der Waals surface area contributed by atoms with Gasteiger partial charge in [-0.25, -0.2) is 0 Å². The number of carbonyl (C=O) groups excluding carboxylic acids is 1. The van der Waals surface area contributed by atoms with Crippen LogP contribution in [0.3, 0.4) is 0 Å². The van der Waals surface area contributed by atoms with E-state index in [2.05, 4.69) is 0 Å². The number of methoxy groups -OCH3 is 1. The number of unbranched alkanes of at least 4 members (excludes halogenated alkanes) is 1. The van der Waals surface area contributed by atoms with Gasteiger partial charge < -0.3 is 9.84 Å². The second-order valence-corrected chi connectivity index (χ2v) is 6.08.